The van der Waals surface area contributed by atoms with Gasteiger partial charge in [0.15, 0.2) is 0 Å². The quantitative estimate of drug-likeness (QED) is 0.537. The first-order valence-corrected chi connectivity index (χ1v) is 8.97. The van der Waals surface area contributed by atoms with Gasteiger partial charge >= 0.3 is 0 Å². The average molecular weight is 383 g/mol. The van der Waals surface area contributed by atoms with E-state index < -0.39 is 17.1 Å². The van der Waals surface area contributed by atoms with Crippen molar-refractivity contribution in [3.05, 3.63) is 88.2 Å². The van der Waals surface area contributed by atoms with Crippen molar-refractivity contribution in [1.29, 1.82) is 0 Å². The number of nitrogens with zero attached hydrogens (tertiary/aromatic N) is 2. The molecule has 1 atom stereocenters. The Morgan fingerprint density at radius 3 is 2.68 bits per heavy atom. The predicted molar refractivity (Wildman–Crippen MR) is 97.9 cm³/mol. The molecule has 0 saturated carbocycles. The van der Waals surface area contributed by atoms with Gasteiger partial charge in [0.1, 0.15) is 17.0 Å². The van der Waals surface area contributed by atoms with Gasteiger partial charge in [0.05, 0.1) is 12.2 Å². The molecule has 1 amide bonds. The van der Waals surface area contributed by atoms with Crippen LogP contribution < -0.4 is 5.48 Å². The zero-order chi connectivity index (χ0) is 19.9. The summed E-state index contributed by atoms with van der Waals surface area (Å²) in [4.78, 5) is 12.8. The zero-order valence-corrected chi connectivity index (χ0v) is 15.2. The molecule has 144 valence electrons. The summed E-state index contributed by atoms with van der Waals surface area (Å²) in [6, 6.07) is 11.0. The lowest BCUT2D eigenvalue weighted by Crippen LogP contribution is -2.43. The normalized spacial score (nSPS) is 18.1. The summed E-state index contributed by atoms with van der Waals surface area (Å²) < 4.78 is 29.8. The third-order valence-electron chi connectivity index (χ3n) is 5.54. The fourth-order valence-corrected chi connectivity index (χ4v) is 4.13. The number of fused-ring (bicyclic) bond motifs is 1. The number of hydrogen-bond acceptors (Lipinski definition) is 3. The highest BCUT2D eigenvalue weighted by Crippen LogP contribution is 2.45. The first kappa shape index (κ1) is 18.3. The molecule has 2 aromatic carbocycles. The largest absolute Gasteiger partial charge is 0.289 e. The molecular weight excluding hydrogens is 364 g/mol. The number of aromatic nitrogens is 2. The molecule has 7 heteroatoms. The molecule has 0 radical (unpaired) electrons. The van der Waals surface area contributed by atoms with Crippen LogP contribution in [0.1, 0.15) is 34.4 Å². The van der Waals surface area contributed by atoms with Gasteiger partial charge in [-0.1, -0.05) is 30.3 Å². The Hall–Kier alpha value is -3.06. The number of nitrogens with one attached hydrogen (secondary N) is 1. The van der Waals surface area contributed by atoms with Crippen LogP contribution in [-0.2, 0) is 23.2 Å². The monoisotopic (exact) mass is 383 g/mol. The minimum absolute atomic E-state index is 0.207. The highest BCUT2D eigenvalue weighted by Gasteiger charge is 2.49. The van der Waals surface area contributed by atoms with E-state index in [9.17, 15) is 18.8 Å². The molecule has 0 fully saturated rings. The van der Waals surface area contributed by atoms with Crippen molar-refractivity contribution >= 4 is 5.91 Å². The van der Waals surface area contributed by atoms with E-state index in [1.807, 2.05) is 0 Å². The number of halogens is 2. The molecule has 1 heterocycles. The minimum Gasteiger partial charge on any atom is -0.289 e. The van der Waals surface area contributed by atoms with E-state index >= 15 is 0 Å². The van der Waals surface area contributed by atoms with Gasteiger partial charge in [0.25, 0.3) is 5.91 Å². The van der Waals surface area contributed by atoms with Gasteiger partial charge in [0.2, 0.25) is 0 Å². The summed E-state index contributed by atoms with van der Waals surface area (Å²) in [5.41, 5.74) is 3.09. The second-order valence-electron chi connectivity index (χ2n) is 7.04. The summed E-state index contributed by atoms with van der Waals surface area (Å²) >= 11 is 0. The predicted octanol–water partition coefficient (Wildman–Crippen LogP) is 3.26. The number of benzene rings is 2. The van der Waals surface area contributed by atoms with E-state index in [1.165, 1.54) is 12.1 Å². The lowest BCUT2D eigenvalue weighted by atomic mass is 9.74. The maximum atomic E-state index is 14.2. The van der Waals surface area contributed by atoms with Gasteiger partial charge in [-0.3, -0.25) is 14.7 Å². The molecule has 1 aliphatic carbocycles. The van der Waals surface area contributed by atoms with Crippen molar-refractivity contribution in [2.24, 2.45) is 0 Å². The van der Waals surface area contributed by atoms with Gasteiger partial charge in [-0.15, -0.1) is 0 Å². The Morgan fingerprint density at radius 1 is 1.18 bits per heavy atom. The zero-order valence-electron chi connectivity index (χ0n) is 15.2. The van der Waals surface area contributed by atoms with Crippen molar-refractivity contribution in [3.8, 4) is 0 Å². The number of amides is 1. The summed E-state index contributed by atoms with van der Waals surface area (Å²) in [7, 11) is 0. The molecule has 5 nitrogen and oxygen atoms in total. The van der Waals surface area contributed by atoms with Crippen LogP contribution in [0.4, 0.5) is 8.78 Å². The first-order valence-electron chi connectivity index (χ1n) is 8.97. The van der Waals surface area contributed by atoms with Crippen LogP contribution in [-0.4, -0.2) is 20.9 Å². The van der Waals surface area contributed by atoms with Crippen LogP contribution in [0.5, 0.6) is 0 Å². The second kappa shape index (κ2) is 6.83. The van der Waals surface area contributed by atoms with E-state index in [4.69, 9.17) is 0 Å². The molecule has 28 heavy (non-hydrogen) atoms. The Labute approximate surface area is 160 Å². The lowest BCUT2D eigenvalue weighted by Gasteiger charge is -2.29. The summed E-state index contributed by atoms with van der Waals surface area (Å²) in [5, 5.41) is 13.9. The molecule has 4 rings (SSSR count). The van der Waals surface area contributed by atoms with Crippen molar-refractivity contribution in [2.75, 3.05) is 0 Å². The lowest BCUT2D eigenvalue weighted by molar-refractivity contribution is -0.133. The molecule has 0 bridgehead atoms. The third-order valence-corrected chi connectivity index (χ3v) is 5.54. The van der Waals surface area contributed by atoms with Gasteiger partial charge < -0.3 is 0 Å². The SMILES string of the molecule is Cc1c(F)cccc1C1(C(=O)NO)CCc2nn(Cc3ccccc3F)cc21. The van der Waals surface area contributed by atoms with Crippen molar-refractivity contribution < 1.29 is 18.8 Å². The van der Waals surface area contributed by atoms with Crippen LogP contribution in [0, 0.1) is 18.6 Å². The highest BCUT2D eigenvalue weighted by atomic mass is 19.1. The van der Waals surface area contributed by atoms with Crippen LogP contribution >= 0.6 is 0 Å². The van der Waals surface area contributed by atoms with E-state index in [0.29, 0.717) is 40.8 Å². The van der Waals surface area contributed by atoms with E-state index in [-0.39, 0.29) is 12.4 Å². The maximum Gasteiger partial charge on any atom is 0.258 e. The van der Waals surface area contributed by atoms with E-state index in [2.05, 4.69) is 5.10 Å². The minimum atomic E-state index is -1.25. The second-order valence-corrected chi connectivity index (χ2v) is 7.04. The molecule has 2 N–H and O–H groups in total. The van der Waals surface area contributed by atoms with E-state index in [0.717, 1.165) is 0 Å². The Balaban J connectivity index is 1.83. The Bertz CT molecular complexity index is 1060. The number of aryl methyl sites for hydroxylation is 1. The number of hydroxylamine groups is 1. The highest BCUT2D eigenvalue weighted by molar-refractivity contribution is 5.93. The molecule has 0 spiro atoms. The topological polar surface area (TPSA) is 67.2 Å². The fourth-order valence-electron chi connectivity index (χ4n) is 4.13. The molecule has 1 unspecified atom stereocenters. The summed E-state index contributed by atoms with van der Waals surface area (Å²) in [5.74, 6) is -1.39. The average Bonchev–Trinajstić information content (AvgIpc) is 3.24. The number of hydrogen-bond donors (Lipinski definition) is 2. The summed E-state index contributed by atoms with van der Waals surface area (Å²) in [6.45, 7) is 1.82. The third kappa shape index (κ3) is 2.70. The molecule has 1 aromatic heterocycles. The molecule has 0 aliphatic heterocycles. The van der Waals surface area contributed by atoms with Gasteiger partial charge in [-0.2, -0.15) is 5.10 Å². The van der Waals surface area contributed by atoms with E-state index in [1.54, 1.807) is 53.6 Å². The van der Waals surface area contributed by atoms with Gasteiger partial charge in [-0.25, -0.2) is 14.3 Å². The fraction of sp³-hybridized carbons (Fsp3) is 0.238. The molecule has 0 saturated heterocycles. The van der Waals surface area contributed by atoms with Crippen molar-refractivity contribution in [1.82, 2.24) is 15.3 Å². The number of rotatable bonds is 4. The van der Waals surface area contributed by atoms with Crippen LogP contribution in [0.25, 0.3) is 0 Å². The molecular formula is C21H19F2N3O2. The van der Waals surface area contributed by atoms with Crippen LogP contribution in [0.2, 0.25) is 0 Å². The smallest absolute Gasteiger partial charge is 0.258 e. The van der Waals surface area contributed by atoms with Crippen molar-refractivity contribution in [3.63, 3.8) is 0 Å². The Kier molecular flexibility index (Phi) is 4.47. The van der Waals surface area contributed by atoms with Gasteiger partial charge in [0, 0.05) is 17.3 Å². The number of carbonyl (C=O) groups excluding carboxylic acids is 1. The number of carbonyl (C=O) groups is 1. The molecule has 3 aromatic rings. The first-order chi connectivity index (χ1) is 13.5. The van der Waals surface area contributed by atoms with Crippen LogP contribution in [0.15, 0.2) is 48.7 Å². The molecule has 1 aliphatic rings. The van der Waals surface area contributed by atoms with Crippen molar-refractivity contribution in [2.45, 2.75) is 31.7 Å². The van der Waals surface area contributed by atoms with Gasteiger partial charge in [-0.05, 0) is 43.0 Å². The van der Waals surface area contributed by atoms with Crippen LogP contribution in [0.3, 0.4) is 0 Å². The Morgan fingerprint density at radius 2 is 1.93 bits per heavy atom. The summed E-state index contributed by atoms with van der Waals surface area (Å²) in [6.07, 6.45) is 2.54. The standard InChI is InChI=1S/C21H19F2N3O2/c1-13-15(6-4-8-17(13)22)21(20(27)25-28)10-9-19-16(21)12-26(24-19)11-14-5-2-3-7-18(14)23/h2-8,12,28H,9-11H2,1H3,(H,25,27). The maximum absolute atomic E-state index is 14.2.